The van der Waals surface area contributed by atoms with Crippen LogP contribution in [-0.2, 0) is 21.7 Å². The Balaban J connectivity index is -0.0000000171. The average Bonchev–Trinajstić information content (AvgIpc) is 1.88. The van der Waals surface area contributed by atoms with E-state index < -0.39 is 0 Å². The van der Waals surface area contributed by atoms with Crippen LogP contribution in [0.5, 0.6) is 0 Å². The summed E-state index contributed by atoms with van der Waals surface area (Å²) < 4.78 is 0. The summed E-state index contributed by atoms with van der Waals surface area (Å²) >= 11 is 0. The van der Waals surface area contributed by atoms with Gasteiger partial charge in [-0.05, 0) is 0 Å². The Morgan fingerprint density at radius 2 is 0.909 bits per heavy atom. The second-order valence-corrected chi connectivity index (χ2v) is 1.71. The fourth-order valence-corrected chi connectivity index (χ4v) is 0. The predicted octanol–water partition coefficient (Wildman–Crippen LogP) is 4.14. The van der Waals surface area contributed by atoms with E-state index in [0.29, 0.717) is 0 Å². The molecule has 11 heavy (non-hydrogen) atoms. The Hall–Kier alpha value is 0.714. The van der Waals surface area contributed by atoms with E-state index in [2.05, 4.69) is 27.7 Å². The monoisotopic (exact) mass is 192 g/mol. The van der Waals surface area contributed by atoms with E-state index in [1.54, 1.807) is 0 Å². The first-order valence-corrected chi connectivity index (χ1v) is 3.41. The van der Waals surface area contributed by atoms with Crippen LogP contribution in [0.3, 0.4) is 0 Å². The fourth-order valence-electron chi connectivity index (χ4n) is 0. The van der Waals surface area contributed by atoms with Crippen molar-refractivity contribution < 1.29 is 21.7 Å². The van der Waals surface area contributed by atoms with Gasteiger partial charge in [-0.15, -0.1) is 0 Å². The van der Waals surface area contributed by atoms with Gasteiger partial charge in [-0.2, -0.15) is 12.8 Å². The minimum Gasteiger partial charge on any atom is -0.358 e. The third-order valence-electron chi connectivity index (χ3n) is 0.707. The van der Waals surface area contributed by atoms with Crippen molar-refractivity contribution in [3.05, 3.63) is 28.7 Å². The zero-order valence-corrected chi connectivity index (χ0v) is 10.3. The maximum Gasteiger partial charge on any atom is 4.00 e. The zero-order valence-electron chi connectivity index (χ0n) is 8.74. The van der Waals surface area contributed by atoms with Crippen LogP contribution in [0.25, 0.3) is 0 Å². The zero-order chi connectivity index (χ0) is 6.83. The average molecular weight is 192 g/mol. The summed E-state index contributed by atoms with van der Waals surface area (Å²) in [6, 6.07) is 0. The van der Waals surface area contributed by atoms with Gasteiger partial charge in [0, 0.05) is 0 Å². The fraction of sp³-hybridized carbons (Fsp3) is 0.600. The summed E-state index contributed by atoms with van der Waals surface area (Å²) in [7, 11) is 0. The molecule has 0 amide bonds. The van der Waals surface area contributed by atoms with Gasteiger partial charge in [0.2, 0.25) is 0 Å². The Labute approximate surface area is 90.0 Å². The van der Waals surface area contributed by atoms with Crippen LogP contribution >= 0.6 is 0 Å². The molecule has 0 saturated carbocycles. The summed E-state index contributed by atoms with van der Waals surface area (Å²) in [6.45, 7) is 11.4. The maximum absolute atomic E-state index is 3.60. The molecule has 0 nitrogen and oxygen atoms in total. The molecule has 0 aliphatic rings. The molecular weight excluding hydrogens is 168 g/mol. The molecule has 0 rings (SSSR count). The number of rotatable bonds is 2. The SMILES string of the molecule is [CH2-]CCC.[CH2-]CCC.[CH3-].[CH3-].[Ti+4]. The Morgan fingerprint density at radius 1 is 0.818 bits per heavy atom. The van der Waals surface area contributed by atoms with Gasteiger partial charge in [0.1, 0.15) is 0 Å². The van der Waals surface area contributed by atoms with E-state index >= 15 is 0 Å². The molecule has 0 N–H and O–H groups in total. The van der Waals surface area contributed by atoms with Crippen LogP contribution in [0, 0.1) is 28.7 Å². The molecule has 0 aromatic heterocycles. The van der Waals surface area contributed by atoms with Gasteiger partial charge in [0.15, 0.2) is 0 Å². The molecule has 0 saturated heterocycles. The third-order valence-corrected chi connectivity index (χ3v) is 0.707. The summed E-state index contributed by atoms with van der Waals surface area (Å²) in [6.07, 6.45) is 4.56. The molecule has 0 radical (unpaired) electrons. The quantitative estimate of drug-likeness (QED) is 0.455. The van der Waals surface area contributed by atoms with Crippen molar-refractivity contribution in [3.8, 4) is 0 Å². The molecule has 0 bridgehead atoms. The molecule has 0 heterocycles. The first kappa shape index (κ1) is 29.8. The predicted molar refractivity (Wildman–Crippen MR) is 53.4 cm³/mol. The molecule has 0 fully saturated rings. The Bertz CT molecular complexity index is 12.8. The van der Waals surface area contributed by atoms with Crippen LogP contribution in [0.1, 0.15) is 39.5 Å². The van der Waals surface area contributed by atoms with Gasteiger partial charge in [-0.3, -0.25) is 0 Å². The van der Waals surface area contributed by atoms with Crippen LogP contribution in [0.15, 0.2) is 0 Å². The van der Waals surface area contributed by atoms with Crippen LogP contribution < -0.4 is 0 Å². The van der Waals surface area contributed by atoms with Crippen molar-refractivity contribution in [3.63, 3.8) is 0 Å². The number of hydrogen-bond donors (Lipinski definition) is 0. The first-order valence-electron chi connectivity index (χ1n) is 3.41. The third kappa shape index (κ3) is 110. The van der Waals surface area contributed by atoms with Crippen molar-refractivity contribution >= 4 is 0 Å². The van der Waals surface area contributed by atoms with Crippen molar-refractivity contribution in [1.29, 1.82) is 0 Å². The molecule has 0 aromatic carbocycles. The van der Waals surface area contributed by atoms with Crippen molar-refractivity contribution in [2.75, 3.05) is 0 Å². The smallest absolute Gasteiger partial charge is 0.358 e. The van der Waals surface area contributed by atoms with E-state index in [4.69, 9.17) is 0 Å². The summed E-state index contributed by atoms with van der Waals surface area (Å²) in [5.41, 5.74) is 0. The molecular formula is C10H24Ti. The summed E-state index contributed by atoms with van der Waals surface area (Å²) in [4.78, 5) is 0. The second-order valence-electron chi connectivity index (χ2n) is 1.71. The molecule has 0 unspecified atom stereocenters. The number of unbranched alkanes of at least 4 members (excludes halogenated alkanes) is 2. The summed E-state index contributed by atoms with van der Waals surface area (Å²) in [5, 5.41) is 0. The van der Waals surface area contributed by atoms with Gasteiger partial charge in [0.25, 0.3) is 0 Å². The van der Waals surface area contributed by atoms with E-state index in [0.717, 1.165) is 12.8 Å². The van der Waals surface area contributed by atoms with E-state index in [9.17, 15) is 0 Å². The van der Waals surface area contributed by atoms with Gasteiger partial charge in [-0.1, -0.05) is 26.7 Å². The topological polar surface area (TPSA) is 0 Å². The van der Waals surface area contributed by atoms with E-state index in [1.807, 2.05) is 0 Å². The molecule has 0 atom stereocenters. The standard InChI is InChI=1S/2C4H9.2CH3.Ti/c2*1-3-4-2;;;/h2*1,3-4H2,2H3;2*1H3;/q4*-1;+4. The van der Waals surface area contributed by atoms with E-state index in [-0.39, 0.29) is 36.6 Å². The summed E-state index contributed by atoms with van der Waals surface area (Å²) in [5.74, 6) is 0. The Morgan fingerprint density at radius 3 is 0.909 bits per heavy atom. The van der Waals surface area contributed by atoms with E-state index in [1.165, 1.54) is 12.8 Å². The molecule has 0 aliphatic carbocycles. The normalized spacial score (nSPS) is 5.45. The minimum absolute atomic E-state index is 0. The van der Waals surface area contributed by atoms with Gasteiger partial charge < -0.3 is 28.7 Å². The Kier molecular flexibility index (Phi) is 123. The van der Waals surface area contributed by atoms with Crippen molar-refractivity contribution in [2.45, 2.75) is 39.5 Å². The second kappa shape index (κ2) is 45.5. The van der Waals surface area contributed by atoms with Gasteiger partial charge in [0.05, 0.1) is 0 Å². The van der Waals surface area contributed by atoms with Crippen LogP contribution in [-0.4, -0.2) is 0 Å². The molecule has 0 aromatic rings. The van der Waals surface area contributed by atoms with Gasteiger partial charge in [-0.25, -0.2) is 0 Å². The van der Waals surface area contributed by atoms with Crippen LogP contribution in [0.4, 0.5) is 0 Å². The minimum atomic E-state index is 0. The molecule has 68 valence electrons. The van der Waals surface area contributed by atoms with Crippen molar-refractivity contribution in [1.82, 2.24) is 0 Å². The molecule has 1 heteroatoms. The van der Waals surface area contributed by atoms with Gasteiger partial charge >= 0.3 is 21.7 Å². The van der Waals surface area contributed by atoms with Crippen molar-refractivity contribution in [2.24, 2.45) is 0 Å². The largest absolute Gasteiger partial charge is 4.00 e. The first-order chi connectivity index (χ1) is 3.83. The maximum atomic E-state index is 3.60. The molecule has 0 aliphatic heterocycles. The van der Waals surface area contributed by atoms with Crippen LogP contribution in [0.2, 0.25) is 0 Å². The number of hydrogen-bond acceptors (Lipinski definition) is 0. The molecule has 0 spiro atoms.